The van der Waals surface area contributed by atoms with Crippen LogP contribution in [0, 0.1) is 5.92 Å². The van der Waals surface area contributed by atoms with Crippen molar-refractivity contribution in [1.29, 1.82) is 0 Å². The van der Waals surface area contributed by atoms with Crippen molar-refractivity contribution < 1.29 is 14.7 Å². The Kier molecular flexibility index (Phi) is 5.82. The quantitative estimate of drug-likeness (QED) is 0.616. The van der Waals surface area contributed by atoms with Gasteiger partial charge in [-0.2, -0.15) is 0 Å². The first kappa shape index (κ1) is 16.3. The molecule has 0 spiro atoms. The molecule has 7 heteroatoms. The maximum Gasteiger partial charge on any atom is 0.404 e. The number of nitrogens with two attached hydrogens (primary N) is 1. The number of nitrogen functional groups attached to an aromatic ring is 1. The van der Waals surface area contributed by atoms with Crippen molar-refractivity contribution in [2.24, 2.45) is 5.92 Å². The zero-order valence-electron chi connectivity index (χ0n) is 11.3. The van der Waals surface area contributed by atoms with Gasteiger partial charge in [-0.1, -0.05) is 22.9 Å². The summed E-state index contributed by atoms with van der Waals surface area (Å²) >= 11 is 3.31. The molecule has 5 N–H and O–H groups in total. The van der Waals surface area contributed by atoms with Gasteiger partial charge in [-0.3, -0.25) is 4.79 Å². The summed E-state index contributed by atoms with van der Waals surface area (Å²) in [6.07, 6.45) is -0.687. The maximum absolute atomic E-state index is 12.0. The van der Waals surface area contributed by atoms with Crippen molar-refractivity contribution in [1.82, 2.24) is 5.32 Å². The van der Waals surface area contributed by atoms with Crippen molar-refractivity contribution >= 4 is 39.3 Å². The van der Waals surface area contributed by atoms with Crippen LogP contribution < -0.4 is 16.4 Å². The summed E-state index contributed by atoms with van der Waals surface area (Å²) in [6.45, 7) is 3.45. The van der Waals surface area contributed by atoms with Crippen LogP contribution in [0.15, 0.2) is 22.7 Å². The fourth-order valence-corrected chi connectivity index (χ4v) is 2.16. The molecular weight excluding hydrogens is 326 g/mol. The molecule has 110 valence electrons. The Hall–Kier alpha value is -1.76. The Labute approximate surface area is 125 Å². The minimum atomic E-state index is -1.10. The van der Waals surface area contributed by atoms with Gasteiger partial charge in [0.2, 0.25) is 5.91 Å². The first-order valence-corrected chi connectivity index (χ1v) is 6.94. The molecule has 0 heterocycles. The second-order valence-electron chi connectivity index (χ2n) is 4.71. The van der Waals surface area contributed by atoms with Crippen LogP contribution in [0.2, 0.25) is 0 Å². The maximum atomic E-state index is 12.0. The Balaban J connectivity index is 2.61. The van der Waals surface area contributed by atoms with Crippen molar-refractivity contribution in [3.63, 3.8) is 0 Å². The third-order valence-corrected chi connectivity index (χ3v) is 3.29. The van der Waals surface area contributed by atoms with E-state index in [2.05, 4.69) is 26.6 Å². The highest BCUT2D eigenvalue weighted by atomic mass is 79.9. The second-order valence-corrected chi connectivity index (χ2v) is 5.62. The Morgan fingerprint density at radius 2 is 2.05 bits per heavy atom. The van der Waals surface area contributed by atoms with Gasteiger partial charge in [-0.15, -0.1) is 0 Å². The van der Waals surface area contributed by atoms with Crippen molar-refractivity contribution in [2.45, 2.75) is 26.3 Å². The van der Waals surface area contributed by atoms with Gasteiger partial charge in [-0.05, 0) is 31.5 Å². The molecule has 0 aliphatic carbocycles. The molecule has 1 rings (SSSR count). The van der Waals surface area contributed by atoms with Crippen LogP contribution in [-0.4, -0.2) is 23.1 Å². The molecule has 0 radical (unpaired) electrons. The van der Waals surface area contributed by atoms with E-state index in [4.69, 9.17) is 10.8 Å². The van der Waals surface area contributed by atoms with E-state index in [0.717, 1.165) is 4.47 Å². The lowest BCUT2D eigenvalue weighted by Crippen LogP contribution is -2.34. The Morgan fingerprint density at radius 3 is 2.65 bits per heavy atom. The van der Waals surface area contributed by atoms with Crippen LogP contribution in [0.1, 0.15) is 20.3 Å². The number of rotatable bonds is 5. The first-order chi connectivity index (χ1) is 9.29. The van der Waals surface area contributed by atoms with Gasteiger partial charge >= 0.3 is 6.09 Å². The van der Waals surface area contributed by atoms with Crippen LogP contribution in [0.4, 0.5) is 16.2 Å². The van der Waals surface area contributed by atoms with Crippen molar-refractivity contribution in [3.05, 3.63) is 22.7 Å². The van der Waals surface area contributed by atoms with Gasteiger partial charge in [-0.25, -0.2) is 4.79 Å². The second kappa shape index (κ2) is 7.14. The normalized spacial score (nSPS) is 13.3. The third-order valence-electron chi connectivity index (χ3n) is 2.80. The molecule has 0 aliphatic heterocycles. The van der Waals surface area contributed by atoms with Crippen LogP contribution in [0.25, 0.3) is 0 Å². The average molecular weight is 344 g/mol. The third kappa shape index (κ3) is 5.08. The summed E-state index contributed by atoms with van der Waals surface area (Å²) < 4.78 is 0.815. The van der Waals surface area contributed by atoms with Crippen LogP contribution in [-0.2, 0) is 4.79 Å². The summed E-state index contributed by atoms with van der Waals surface area (Å²) in [5.74, 6) is -0.538. The van der Waals surface area contributed by atoms with Crippen LogP contribution in [0.5, 0.6) is 0 Å². The van der Waals surface area contributed by atoms with E-state index in [1.807, 2.05) is 0 Å². The zero-order chi connectivity index (χ0) is 15.3. The van der Waals surface area contributed by atoms with E-state index < -0.39 is 6.09 Å². The van der Waals surface area contributed by atoms with E-state index in [-0.39, 0.29) is 17.9 Å². The summed E-state index contributed by atoms with van der Waals surface area (Å²) in [4.78, 5) is 22.5. The molecule has 2 atom stereocenters. The number of carbonyl (C=O) groups excluding carboxylic acids is 1. The molecule has 0 saturated carbocycles. The van der Waals surface area contributed by atoms with E-state index in [0.29, 0.717) is 17.8 Å². The molecular formula is C13H18BrN3O3. The fraction of sp³-hybridized carbons (Fsp3) is 0.385. The predicted octanol–water partition coefficient (Wildman–Crippen LogP) is 2.65. The van der Waals surface area contributed by atoms with Gasteiger partial charge in [0, 0.05) is 16.4 Å². The molecule has 1 aromatic carbocycles. The molecule has 0 aromatic heterocycles. The molecule has 0 fully saturated rings. The van der Waals surface area contributed by atoms with Crippen LogP contribution >= 0.6 is 15.9 Å². The monoisotopic (exact) mass is 343 g/mol. The fourth-order valence-electron chi connectivity index (χ4n) is 1.80. The number of hydrogen-bond donors (Lipinski definition) is 4. The predicted molar refractivity (Wildman–Crippen MR) is 81.6 cm³/mol. The van der Waals surface area contributed by atoms with E-state index in [1.54, 1.807) is 32.0 Å². The van der Waals surface area contributed by atoms with Gasteiger partial charge in [0.25, 0.3) is 0 Å². The lowest BCUT2D eigenvalue weighted by molar-refractivity contribution is -0.119. The molecule has 20 heavy (non-hydrogen) atoms. The largest absolute Gasteiger partial charge is 0.465 e. The van der Waals surface area contributed by atoms with E-state index in [9.17, 15) is 9.59 Å². The molecule has 0 bridgehead atoms. The number of amides is 2. The highest BCUT2D eigenvalue weighted by Gasteiger charge is 2.18. The van der Waals surface area contributed by atoms with Gasteiger partial charge < -0.3 is 21.5 Å². The van der Waals surface area contributed by atoms with Gasteiger partial charge in [0.15, 0.2) is 0 Å². The Bertz CT molecular complexity index is 508. The average Bonchev–Trinajstić information content (AvgIpc) is 2.32. The number of nitrogens with one attached hydrogen (secondary N) is 2. The topological polar surface area (TPSA) is 104 Å². The van der Waals surface area contributed by atoms with E-state index in [1.165, 1.54) is 0 Å². The number of anilines is 2. The number of carboxylic acid groups (broad SMARTS) is 1. The smallest absolute Gasteiger partial charge is 0.404 e. The lowest BCUT2D eigenvalue weighted by atomic mass is 10.0. The molecule has 1 aromatic rings. The molecule has 6 nitrogen and oxygen atoms in total. The van der Waals surface area contributed by atoms with Gasteiger partial charge in [0.1, 0.15) is 0 Å². The van der Waals surface area contributed by atoms with Crippen molar-refractivity contribution in [3.8, 4) is 0 Å². The molecule has 2 unspecified atom stereocenters. The lowest BCUT2D eigenvalue weighted by Gasteiger charge is -2.17. The van der Waals surface area contributed by atoms with Crippen LogP contribution in [0.3, 0.4) is 0 Å². The van der Waals surface area contributed by atoms with E-state index >= 15 is 0 Å². The summed E-state index contributed by atoms with van der Waals surface area (Å²) in [6, 6.07) is 4.90. The summed E-state index contributed by atoms with van der Waals surface area (Å²) in [7, 11) is 0. The Morgan fingerprint density at radius 1 is 1.40 bits per heavy atom. The summed E-state index contributed by atoms with van der Waals surface area (Å²) in [5.41, 5.74) is 6.79. The molecule has 2 amide bonds. The highest BCUT2D eigenvalue weighted by Crippen LogP contribution is 2.24. The van der Waals surface area contributed by atoms with Gasteiger partial charge in [0.05, 0.1) is 11.4 Å². The first-order valence-electron chi connectivity index (χ1n) is 6.15. The highest BCUT2D eigenvalue weighted by molar-refractivity contribution is 9.10. The standard InChI is InChI=1S/C13H18BrN3O3/c1-7(5-8(2)16-13(19)20)12(18)17-11-6-9(14)3-4-10(11)15/h3-4,6-8,16H,5,15H2,1-2H3,(H,17,18)(H,19,20). The number of benzene rings is 1. The van der Waals surface area contributed by atoms with Crippen molar-refractivity contribution in [2.75, 3.05) is 11.1 Å². The minimum Gasteiger partial charge on any atom is -0.465 e. The zero-order valence-corrected chi connectivity index (χ0v) is 12.9. The molecule has 0 aliphatic rings. The number of halogens is 1. The number of carbonyl (C=O) groups is 2. The minimum absolute atomic E-state index is 0.200. The molecule has 0 saturated heterocycles. The summed E-state index contributed by atoms with van der Waals surface area (Å²) in [5, 5.41) is 13.7. The number of hydrogen-bond acceptors (Lipinski definition) is 3. The SMILES string of the molecule is CC(CC(C)C(=O)Nc1cc(Br)ccc1N)NC(=O)O.